The van der Waals surface area contributed by atoms with Crippen LogP contribution in [0.2, 0.25) is 5.02 Å². The van der Waals surface area contributed by atoms with E-state index in [4.69, 9.17) is 16.3 Å². The third-order valence-corrected chi connectivity index (χ3v) is 4.83. The number of ether oxygens (including phenoxy) is 1. The lowest BCUT2D eigenvalue weighted by Crippen LogP contribution is -2.36. The molecule has 1 amide bonds. The quantitative estimate of drug-likeness (QED) is 0.760. The molecule has 0 unspecified atom stereocenters. The van der Waals surface area contributed by atoms with E-state index in [1.165, 1.54) is 22.9 Å². The fraction of sp³-hybridized carbons (Fsp3) is 0.312. The number of carbonyl (C=O) groups is 1. The Bertz CT molecular complexity index is 824. The van der Waals surface area contributed by atoms with Gasteiger partial charge in [-0.15, -0.1) is 0 Å². The van der Waals surface area contributed by atoms with E-state index in [2.05, 4.69) is 4.98 Å². The number of thioether (sulfide) groups is 1. The minimum absolute atomic E-state index is 0.0894. The van der Waals surface area contributed by atoms with E-state index >= 15 is 0 Å². The molecule has 24 heavy (non-hydrogen) atoms. The second kappa shape index (κ2) is 7.27. The van der Waals surface area contributed by atoms with Gasteiger partial charge in [0.1, 0.15) is 17.9 Å². The normalized spacial score (nSPS) is 12.8. The molecule has 0 aliphatic carbocycles. The van der Waals surface area contributed by atoms with Crippen molar-refractivity contribution in [3.8, 4) is 5.75 Å². The highest BCUT2D eigenvalue weighted by Gasteiger charge is 2.22. The average Bonchev–Trinajstić information content (AvgIpc) is 3.04. The lowest BCUT2D eigenvalue weighted by molar-refractivity contribution is 0.0770. The van der Waals surface area contributed by atoms with Crippen LogP contribution in [0.15, 0.2) is 40.4 Å². The van der Waals surface area contributed by atoms with Gasteiger partial charge < -0.3 is 9.64 Å². The molecule has 3 rings (SSSR count). The molecule has 126 valence electrons. The Morgan fingerprint density at radius 1 is 1.50 bits per heavy atom. The van der Waals surface area contributed by atoms with Gasteiger partial charge in [-0.25, -0.2) is 4.98 Å². The zero-order valence-electron chi connectivity index (χ0n) is 13.1. The highest BCUT2D eigenvalue weighted by molar-refractivity contribution is 7.99. The Balaban J connectivity index is 1.62. The van der Waals surface area contributed by atoms with Crippen molar-refractivity contribution in [2.45, 2.75) is 11.7 Å². The summed E-state index contributed by atoms with van der Waals surface area (Å²) >= 11 is 7.41. The molecule has 0 atom stereocenters. The highest BCUT2D eigenvalue weighted by atomic mass is 35.5. The van der Waals surface area contributed by atoms with Crippen LogP contribution in [0, 0.1) is 0 Å². The molecule has 8 heteroatoms. The van der Waals surface area contributed by atoms with Crippen LogP contribution in [0.5, 0.6) is 5.75 Å². The lowest BCUT2D eigenvalue weighted by atomic mass is 10.3. The van der Waals surface area contributed by atoms with Gasteiger partial charge in [0, 0.05) is 30.6 Å². The Morgan fingerprint density at radius 2 is 2.33 bits per heavy atom. The van der Waals surface area contributed by atoms with Crippen molar-refractivity contribution in [3.05, 3.63) is 51.4 Å². The number of fused-ring (bicyclic) bond motifs is 1. The molecule has 0 radical (unpaired) electrons. The molecule has 1 aliphatic rings. The summed E-state index contributed by atoms with van der Waals surface area (Å²) in [6.07, 6.45) is 1.36. The number of likely N-dealkylation sites (N-methyl/N-ethyl adjacent to an activating group) is 1. The van der Waals surface area contributed by atoms with Crippen molar-refractivity contribution in [2.75, 3.05) is 26.0 Å². The molecule has 0 saturated carbocycles. The molecular weight excluding hydrogens is 350 g/mol. The second-order valence-corrected chi connectivity index (χ2v) is 6.79. The number of rotatable bonds is 5. The molecule has 2 heterocycles. The highest BCUT2D eigenvalue weighted by Crippen LogP contribution is 2.20. The SMILES string of the molecule is CN(CCOc1cccc(Cl)c1)C(=O)c1cnc2n(c1=O)CCS2. The second-order valence-electron chi connectivity index (χ2n) is 5.29. The Kier molecular flexibility index (Phi) is 5.11. The minimum Gasteiger partial charge on any atom is -0.492 e. The fourth-order valence-electron chi connectivity index (χ4n) is 2.33. The van der Waals surface area contributed by atoms with Gasteiger partial charge in [0.15, 0.2) is 5.16 Å². The number of aromatic nitrogens is 2. The Labute approximate surface area is 148 Å². The molecule has 0 saturated heterocycles. The van der Waals surface area contributed by atoms with Crippen LogP contribution in [0.1, 0.15) is 10.4 Å². The van der Waals surface area contributed by atoms with Gasteiger partial charge in [0.25, 0.3) is 11.5 Å². The molecule has 0 bridgehead atoms. The molecular formula is C16H16ClN3O3S. The molecule has 0 spiro atoms. The number of carbonyl (C=O) groups excluding carboxylic acids is 1. The van der Waals surface area contributed by atoms with Gasteiger partial charge in [-0.3, -0.25) is 14.2 Å². The maximum atomic E-state index is 12.5. The number of amides is 1. The lowest BCUT2D eigenvalue weighted by Gasteiger charge is -2.17. The topological polar surface area (TPSA) is 64.4 Å². The van der Waals surface area contributed by atoms with E-state index in [0.29, 0.717) is 35.6 Å². The molecule has 1 aliphatic heterocycles. The van der Waals surface area contributed by atoms with Gasteiger partial charge >= 0.3 is 0 Å². The summed E-state index contributed by atoms with van der Waals surface area (Å²) in [5, 5.41) is 1.26. The molecule has 0 N–H and O–H groups in total. The third kappa shape index (κ3) is 3.57. The summed E-state index contributed by atoms with van der Waals surface area (Å²) in [6, 6.07) is 7.05. The van der Waals surface area contributed by atoms with Crippen LogP contribution < -0.4 is 10.3 Å². The first-order chi connectivity index (χ1) is 11.6. The van der Waals surface area contributed by atoms with Crippen molar-refractivity contribution in [3.63, 3.8) is 0 Å². The molecule has 1 aromatic carbocycles. The summed E-state index contributed by atoms with van der Waals surface area (Å²) in [6.45, 7) is 1.24. The predicted octanol–water partition coefficient (Wildman–Crippen LogP) is 2.15. The van der Waals surface area contributed by atoms with E-state index in [0.717, 1.165) is 5.75 Å². The van der Waals surface area contributed by atoms with Gasteiger partial charge in [0.2, 0.25) is 0 Å². The Hall–Kier alpha value is -1.99. The summed E-state index contributed by atoms with van der Waals surface area (Å²) < 4.78 is 7.12. The number of halogens is 1. The minimum atomic E-state index is -0.352. The average molecular weight is 366 g/mol. The fourth-order valence-corrected chi connectivity index (χ4v) is 3.42. The van der Waals surface area contributed by atoms with Crippen molar-refractivity contribution >= 4 is 29.3 Å². The van der Waals surface area contributed by atoms with E-state index in [9.17, 15) is 9.59 Å². The molecule has 0 fully saturated rings. The van der Waals surface area contributed by atoms with Crippen molar-refractivity contribution in [1.29, 1.82) is 0 Å². The summed E-state index contributed by atoms with van der Waals surface area (Å²) in [5.41, 5.74) is -0.191. The van der Waals surface area contributed by atoms with Crippen LogP contribution in [-0.4, -0.2) is 46.3 Å². The van der Waals surface area contributed by atoms with Gasteiger partial charge in [0.05, 0.1) is 6.54 Å². The maximum absolute atomic E-state index is 12.5. The molecule has 2 aromatic rings. The standard InChI is InChI=1S/C16H16ClN3O3S/c1-19(5-7-23-12-4-2-3-11(17)9-12)14(21)13-10-18-16-20(15(13)22)6-8-24-16/h2-4,9-10H,5-8H2,1H3. The molecule has 6 nitrogen and oxygen atoms in total. The summed E-state index contributed by atoms with van der Waals surface area (Å²) in [5.74, 6) is 1.09. The van der Waals surface area contributed by atoms with E-state index < -0.39 is 0 Å². The first kappa shape index (κ1) is 16.9. The first-order valence-corrected chi connectivity index (χ1v) is 8.79. The maximum Gasteiger partial charge on any atom is 0.267 e. The van der Waals surface area contributed by atoms with E-state index in [1.54, 1.807) is 35.9 Å². The van der Waals surface area contributed by atoms with Crippen molar-refractivity contribution in [2.24, 2.45) is 0 Å². The van der Waals surface area contributed by atoms with Gasteiger partial charge in [-0.05, 0) is 18.2 Å². The predicted molar refractivity (Wildman–Crippen MR) is 93.1 cm³/mol. The van der Waals surface area contributed by atoms with Crippen LogP contribution in [0.3, 0.4) is 0 Å². The van der Waals surface area contributed by atoms with Gasteiger partial charge in [-0.1, -0.05) is 29.4 Å². The van der Waals surface area contributed by atoms with Crippen LogP contribution in [0.4, 0.5) is 0 Å². The van der Waals surface area contributed by atoms with Gasteiger partial charge in [-0.2, -0.15) is 0 Å². The number of benzene rings is 1. The first-order valence-electron chi connectivity index (χ1n) is 7.43. The largest absolute Gasteiger partial charge is 0.492 e. The monoisotopic (exact) mass is 365 g/mol. The van der Waals surface area contributed by atoms with Crippen molar-refractivity contribution < 1.29 is 9.53 Å². The third-order valence-electron chi connectivity index (χ3n) is 3.63. The number of nitrogens with zero attached hydrogens (tertiary/aromatic N) is 3. The van der Waals surface area contributed by atoms with Crippen molar-refractivity contribution in [1.82, 2.24) is 14.5 Å². The summed E-state index contributed by atoms with van der Waals surface area (Å²) in [7, 11) is 1.63. The number of hydrogen-bond acceptors (Lipinski definition) is 5. The zero-order valence-corrected chi connectivity index (χ0v) is 14.6. The van der Waals surface area contributed by atoms with Crippen LogP contribution in [0.25, 0.3) is 0 Å². The molecule has 1 aromatic heterocycles. The smallest absolute Gasteiger partial charge is 0.267 e. The van der Waals surface area contributed by atoms with E-state index in [1.807, 2.05) is 0 Å². The Morgan fingerprint density at radius 3 is 3.12 bits per heavy atom. The van der Waals surface area contributed by atoms with Crippen LogP contribution >= 0.6 is 23.4 Å². The summed E-state index contributed by atoms with van der Waals surface area (Å²) in [4.78, 5) is 30.5. The van der Waals surface area contributed by atoms with Crippen LogP contribution in [-0.2, 0) is 6.54 Å². The van der Waals surface area contributed by atoms with E-state index in [-0.39, 0.29) is 17.0 Å². The zero-order chi connectivity index (χ0) is 17.1. The number of hydrogen-bond donors (Lipinski definition) is 0.